The van der Waals surface area contributed by atoms with Gasteiger partial charge in [-0.2, -0.15) is 0 Å². The van der Waals surface area contributed by atoms with Crippen molar-refractivity contribution in [3.8, 4) is 0 Å². The van der Waals surface area contributed by atoms with Crippen LogP contribution in [0.5, 0.6) is 0 Å². The van der Waals surface area contributed by atoms with Crippen LogP contribution in [0.1, 0.15) is 58.3 Å². The first-order valence-electron chi connectivity index (χ1n) is 8.82. The Bertz CT molecular complexity index is 502. The van der Waals surface area contributed by atoms with E-state index in [1.807, 2.05) is 0 Å². The van der Waals surface area contributed by atoms with Gasteiger partial charge in [-0.15, -0.1) is 0 Å². The first-order chi connectivity index (χ1) is 10.2. The lowest BCUT2D eigenvalue weighted by Crippen LogP contribution is -2.33. The van der Waals surface area contributed by atoms with Gasteiger partial charge in [0.2, 0.25) is 0 Å². The van der Waals surface area contributed by atoms with Gasteiger partial charge in [0, 0.05) is 12.8 Å². The summed E-state index contributed by atoms with van der Waals surface area (Å²) >= 11 is 0. The molecule has 0 aliphatic heterocycles. The van der Waals surface area contributed by atoms with Crippen molar-refractivity contribution in [2.24, 2.45) is 23.7 Å². The summed E-state index contributed by atoms with van der Waals surface area (Å²) in [5.41, 5.74) is 3.49. The topological polar surface area (TPSA) is 26.3 Å². The molecule has 0 aromatic heterocycles. The van der Waals surface area contributed by atoms with Gasteiger partial charge in [-0.25, -0.2) is 0 Å². The number of carbonyl (C=O) groups excluding carboxylic acids is 1. The maximum absolute atomic E-state index is 11.3. The Morgan fingerprint density at radius 2 is 2.05 bits per heavy atom. The van der Waals surface area contributed by atoms with Crippen molar-refractivity contribution < 1.29 is 9.53 Å². The fourth-order valence-corrected chi connectivity index (χ4v) is 5.55. The Kier molecular flexibility index (Phi) is 3.43. The van der Waals surface area contributed by atoms with Crippen molar-refractivity contribution in [3.63, 3.8) is 0 Å². The molecule has 5 unspecified atom stereocenters. The van der Waals surface area contributed by atoms with Crippen LogP contribution in [0.4, 0.5) is 0 Å². The third kappa shape index (κ3) is 2.27. The number of carbonyl (C=O) groups is 1. The average molecular weight is 286 g/mol. The Balaban J connectivity index is 1.63. The molecule has 4 aliphatic rings. The SMILES string of the molecule is CC(=O)OC1CCC2C3CCC4CCCCC4=C3C=CC12. The lowest BCUT2D eigenvalue weighted by molar-refractivity contribution is -0.147. The largest absolute Gasteiger partial charge is 0.462 e. The fraction of sp³-hybridized carbons (Fsp3) is 0.737. The molecule has 114 valence electrons. The standard InChI is InChI=1S/C19H26O2/c1-12(20)21-19-11-10-17-16-7-6-13-4-2-3-5-14(13)15(16)8-9-18(17)19/h8-9,13,16-19H,2-7,10-11H2,1H3. The summed E-state index contributed by atoms with van der Waals surface area (Å²) < 4.78 is 5.56. The average Bonchev–Trinajstić information content (AvgIpc) is 2.89. The van der Waals surface area contributed by atoms with Crippen molar-refractivity contribution in [3.05, 3.63) is 23.3 Å². The molecule has 2 saturated carbocycles. The molecule has 0 saturated heterocycles. The van der Waals surface area contributed by atoms with E-state index in [0.717, 1.165) is 24.2 Å². The number of allylic oxidation sites excluding steroid dienone is 3. The molecule has 4 aliphatic carbocycles. The Hall–Kier alpha value is -1.05. The highest BCUT2D eigenvalue weighted by atomic mass is 16.5. The number of hydrogen-bond donors (Lipinski definition) is 0. The highest BCUT2D eigenvalue weighted by Crippen LogP contribution is 2.53. The van der Waals surface area contributed by atoms with Gasteiger partial charge in [0.05, 0.1) is 0 Å². The molecule has 5 atom stereocenters. The van der Waals surface area contributed by atoms with E-state index in [1.165, 1.54) is 44.9 Å². The van der Waals surface area contributed by atoms with Crippen LogP contribution in [0.25, 0.3) is 0 Å². The second-order valence-corrected chi connectivity index (χ2v) is 7.43. The minimum absolute atomic E-state index is 0.116. The Morgan fingerprint density at radius 1 is 1.14 bits per heavy atom. The minimum atomic E-state index is -0.116. The van der Waals surface area contributed by atoms with Crippen molar-refractivity contribution in [2.45, 2.75) is 64.4 Å². The van der Waals surface area contributed by atoms with Crippen LogP contribution in [0.15, 0.2) is 23.3 Å². The molecule has 0 bridgehead atoms. The molecule has 4 rings (SSSR count). The zero-order valence-electron chi connectivity index (χ0n) is 13.0. The highest BCUT2D eigenvalue weighted by molar-refractivity contribution is 5.66. The van der Waals surface area contributed by atoms with E-state index in [0.29, 0.717) is 5.92 Å². The molecular formula is C19H26O2. The molecule has 0 aromatic carbocycles. The number of esters is 1. The summed E-state index contributed by atoms with van der Waals surface area (Å²) in [6, 6.07) is 0. The fourth-order valence-electron chi connectivity index (χ4n) is 5.55. The molecular weight excluding hydrogens is 260 g/mol. The monoisotopic (exact) mass is 286 g/mol. The van der Waals surface area contributed by atoms with E-state index in [1.54, 1.807) is 18.1 Å². The highest BCUT2D eigenvalue weighted by Gasteiger charge is 2.45. The van der Waals surface area contributed by atoms with Crippen LogP contribution in [0.3, 0.4) is 0 Å². The van der Waals surface area contributed by atoms with Gasteiger partial charge in [-0.3, -0.25) is 4.79 Å². The third-order valence-electron chi connectivity index (χ3n) is 6.38. The number of fused-ring (bicyclic) bond motifs is 4. The predicted octanol–water partition coefficient (Wildman–Crippen LogP) is 4.41. The summed E-state index contributed by atoms with van der Waals surface area (Å²) in [6.07, 6.45) is 15.6. The van der Waals surface area contributed by atoms with E-state index in [4.69, 9.17) is 4.74 Å². The summed E-state index contributed by atoms with van der Waals surface area (Å²) in [4.78, 5) is 11.3. The normalized spacial score (nSPS) is 41.3. The predicted molar refractivity (Wildman–Crippen MR) is 82.6 cm³/mol. The van der Waals surface area contributed by atoms with Crippen molar-refractivity contribution in [1.29, 1.82) is 0 Å². The Morgan fingerprint density at radius 3 is 2.90 bits per heavy atom. The van der Waals surface area contributed by atoms with Gasteiger partial charge in [0.1, 0.15) is 6.10 Å². The van der Waals surface area contributed by atoms with Gasteiger partial charge >= 0.3 is 5.97 Å². The van der Waals surface area contributed by atoms with E-state index in [9.17, 15) is 4.79 Å². The van der Waals surface area contributed by atoms with Crippen LogP contribution in [-0.2, 0) is 9.53 Å². The van der Waals surface area contributed by atoms with Gasteiger partial charge in [0.25, 0.3) is 0 Å². The van der Waals surface area contributed by atoms with Crippen LogP contribution < -0.4 is 0 Å². The molecule has 2 nitrogen and oxygen atoms in total. The smallest absolute Gasteiger partial charge is 0.302 e. The summed E-state index contributed by atoms with van der Waals surface area (Å²) in [5.74, 6) is 2.73. The lowest BCUT2D eigenvalue weighted by atomic mass is 9.63. The summed E-state index contributed by atoms with van der Waals surface area (Å²) in [5, 5.41) is 0. The van der Waals surface area contributed by atoms with E-state index in [-0.39, 0.29) is 12.1 Å². The van der Waals surface area contributed by atoms with E-state index in [2.05, 4.69) is 12.2 Å². The van der Waals surface area contributed by atoms with Crippen LogP contribution in [0, 0.1) is 23.7 Å². The van der Waals surface area contributed by atoms with Crippen molar-refractivity contribution in [1.82, 2.24) is 0 Å². The van der Waals surface area contributed by atoms with E-state index < -0.39 is 0 Å². The maximum Gasteiger partial charge on any atom is 0.302 e. The van der Waals surface area contributed by atoms with Crippen LogP contribution in [-0.4, -0.2) is 12.1 Å². The second-order valence-electron chi connectivity index (χ2n) is 7.43. The molecule has 0 spiro atoms. The van der Waals surface area contributed by atoms with Gasteiger partial charge in [-0.1, -0.05) is 24.1 Å². The molecule has 2 fully saturated rings. The van der Waals surface area contributed by atoms with Gasteiger partial charge < -0.3 is 4.74 Å². The number of ether oxygens (including phenoxy) is 1. The van der Waals surface area contributed by atoms with E-state index >= 15 is 0 Å². The number of rotatable bonds is 1. The molecule has 21 heavy (non-hydrogen) atoms. The van der Waals surface area contributed by atoms with Crippen LogP contribution >= 0.6 is 0 Å². The van der Waals surface area contributed by atoms with Gasteiger partial charge in [-0.05, 0) is 68.3 Å². The maximum atomic E-state index is 11.3. The zero-order chi connectivity index (χ0) is 14.4. The molecule has 0 aromatic rings. The molecule has 0 N–H and O–H groups in total. The molecule has 0 radical (unpaired) electrons. The van der Waals surface area contributed by atoms with Crippen molar-refractivity contribution >= 4 is 5.97 Å². The minimum Gasteiger partial charge on any atom is -0.462 e. The second kappa shape index (κ2) is 5.30. The van der Waals surface area contributed by atoms with Crippen LogP contribution in [0.2, 0.25) is 0 Å². The first kappa shape index (κ1) is 13.6. The number of hydrogen-bond acceptors (Lipinski definition) is 2. The molecule has 2 heteroatoms. The first-order valence-corrected chi connectivity index (χ1v) is 8.82. The third-order valence-corrected chi connectivity index (χ3v) is 6.38. The van der Waals surface area contributed by atoms with Crippen molar-refractivity contribution in [2.75, 3.05) is 0 Å². The Labute approximate surface area is 127 Å². The zero-order valence-corrected chi connectivity index (χ0v) is 13.0. The molecule has 0 amide bonds. The molecule has 0 heterocycles. The van der Waals surface area contributed by atoms with Gasteiger partial charge in [0.15, 0.2) is 0 Å². The quantitative estimate of drug-likeness (QED) is 0.667. The lowest BCUT2D eigenvalue weighted by Gasteiger charge is -2.42. The summed E-state index contributed by atoms with van der Waals surface area (Å²) in [6.45, 7) is 1.54. The summed E-state index contributed by atoms with van der Waals surface area (Å²) in [7, 11) is 0.